The number of carbonyl (C=O) groups is 2. The Bertz CT molecular complexity index is 270. The van der Waals surface area contributed by atoms with Crippen LogP contribution < -0.4 is 11.1 Å². The highest BCUT2D eigenvalue weighted by Crippen LogP contribution is 2.21. The number of carbonyl (C=O) groups excluding carboxylic acids is 1. The van der Waals surface area contributed by atoms with Crippen LogP contribution in [0.4, 0.5) is 0 Å². The number of rotatable bonds is 6. The minimum Gasteiger partial charge on any atom is -0.481 e. The van der Waals surface area contributed by atoms with Crippen molar-refractivity contribution in [2.75, 3.05) is 6.54 Å². The minimum absolute atomic E-state index is 0.108. The van der Waals surface area contributed by atoms with Crippen LogP contribution in [0.2, 0.25) is 0 Å². The molecule has 4 N–H and O–H groups in total. The molecule has 0 saturated heterocycles. The Labute approximate surface area is 96.4 Å². The fraction of sp³-hybridized carbons (Fsp3) is 0.818. The molecule has 0 radical (unpaired) electrons. The summed E-state index contributed by atoms with van der Waals surface area (Å²) in [5.74, 6) is -1.12. The molecule has 0 aromatic rings. The first-order chi connectivity index (χ1) is 7.17. The third-order valence-corrected chi connectivity index (χ3v) is 2.82. The van der Waals surface area contributed by atoms with Gasteiger partial charge in [0.25, 0.3) is 0 Å². The summed E-state index contributed by atoms with van der Waals surface area (Å²) in [4.78, 5) is 22.5. The second kappa shape index (κ2) is 5.30. The number of amides is 1. The molecule has 1 unspecified atom stereocenters. The second-order valence-corrected chi connectivity index (χ2v) is 5.03. The third kappa shape index (κ3) is 4.18. The van der Waals surface area contributed by atoms with Crippen LogP contribution in [0.3, 0.4) is 0 Å². The molecule has 0 heterocycles. The highest BCUT2D eigenvalue weighted by molar-refractivity contribution is 5.83. The molecule has 5 nitrogen and oxygen atoms in total. The molecule has 0 aromatic carbocycles. The summed E-state index contributed by atoms with van der Waals surface area (Å²) in [5, 5.41) is 11.4. The predicted molar refractivity (Wildman–Crippen MR) is 61.9 cm³/mol. The third-order valence-electron chi connectivity index (χ3n) is 2.82. The molecule has 0 aliphatic rings. The molecule has 1 amide bonds. The number of hydrogen-bond donors (Lipinski definition) is 3. The number of carboxylic acid groups (broad SMARTS) is 1. The van der Waals surface area contributed by atoms with Crippen molar-refractivity contribution in [2.45, 2.75) is 46.1 Å². The van der Waals surface area contributed by atoms with E-state index in [9.17, 15) is 9.59 Å². The average molecular weight is 230 g/mol. The highest BCUT2D eigenvalue weighted by Gasteiger charge is 2.34. The zero-order valence-corrected chi connectivity index (χ0v) is 10.5. The summed E-state index contributed by atoms with van der Waals surface area (Å²) in [6.45, 7) is 7.28. The van der Waals surface area contributed by atoms with E-state index in [0.717, 1.165) is 0 Å². The molecule has 5 heteroatoms. The largest absolute Gasteiger partial charge is 0.481 e. The van der Waals surface area contributed by atoms with Gasteiger partial charge in [-0.2, -0.15) is 0 Å². The van der Waals surface area contributed by atoms with Gasteiger partial charge in [-0.1, -0.05) is 6.92 Å². The first-order valence-electron chi connectivity index (χ1n) is 5.41. The minimum atomic E-state index is -0.934. The van der Waals surface area contributed by atoms with Crippen LogP contribution in [0, 0.1) is 5.41 Å². The molecule has 0 spiro atoms. The van der Waals surface area contributed by atoms with Gasteiger partial charge in [0.15, 0.2) is 0 Å². The normalized spacial score (nSPS) is 15.3. The lowest BCUT2D eigenvalue weighted by Crippen LogP contribution is -2.52. The maximum Gasteiger partial charge on any atom is 0.305 e. The van der Waals surface area contributed by atoms with E-state index in [-0.39, 0.29) is 18.9 Å². The van der Waals surface area contributed by atoms with Crippen molar-refractivity contribution in [2.24, 2.45) is 11.1 Å². The molecular formula is C11H22N2O3. The van der Waals surface area contributed by atoms with Gasteiger partial charge in [-0.15, -0.1) is 0 Å². The van der Waals surface area contributed by atoms with Crippen molar-refractivity contribution in [3.8, 4) is 0 Å². The van der Waals surface area contributed by atoms with Crippen LogP contribution in [0.1, 0.15) is 40.5 Å². The van der Waals surface area contributed by atoms with Gasteiger partial charge in [0.05, 0.1) is 11.8 Å². The van der Waals surface area contributed by atoms with Gasteiger partial charge in [-0.25, -0.2) is 0 Å². The molecule has 94 valence electrons. The number of aliphatic carboxylic acids is 1. The summed E-state index contributed by atoms with van der Waals surface area (Å²) in [6.07, 6.45) is 0.515. The molecule has 0 bridgehead atoms. The fourth-order valence-corrected chi connectivity index (χ4v) is 1.28. The standard InChI is InChI=1S/C11H22N2O3/c1-5-11(4,7-12)9(16)13-10(2,3)6-8(14)15/h5-7,12H2,1-4H3,(H,13,16)(H,14,15). The van der Waals surface area contributed by atoms with Crippen molar-refractivity contribution < 1.29 is 14.7 Å². The van der Waals surface area contributed by atoms with Crippen LogP contribution >= 0.6 is 0 Å². The number of carboxylic acids is 1. The maximum atomic E-state index is 11.9. The Kier molecular flexibility index (Phi) is 4.93. The number of nitrogens with one attached hydrogen (secondary N) is 1. The van der Waals surface area contributed by atoms with Gasteiger partial charge in [0, 0.05) is 12.1 Å². The van der Waals surface area contributed by atoms with E-state index in [1.165, 1.54) is 0 Å². The summed E-state index contributed by atoms with van der Waals surface area (Å²) >= 11 is 0. The van der Waals surface area contributed by atoms with Gasteiger partial charge < -0.3 is 16.2 Å². The van der Waals surface area contributed by atoms with Crippen LogP contribution in [0.25, 0.3) is 0 Å². The van der Waals surface area contributed by atoms with Crippen LogP contribution in [0.15, 0.2) is 0 Å². The Morgan fingerprint density at radius 3 is 2.12 bits per heavy atom. The van der Waals surface area contributed by atoms with Crippen LogP contribution in [-0.4, -0.2) is 29.1 Å². The second-order valence-electron chi connectivity index (χ2n) is 5.03. The van der Waals surface area contributed by atoms with Crippen molar-refractivity contribution in [1.29, 1.82) is 0 Å². The zero-order valence-electron chi connectivity index (χ0n) is 10.5. The Hall–Kier alpha value is -1.10. The van der Waals surface area contributed by atoms with Gasteiger partial charge in [-0.05, 0) is 27.2 Å². The molecule has 0 aromatic heterocycles. The molecule has 0 aliphatic heterocycles. The lowest BCUT2D eigenvalue weighted by atomic mass is 9.85. The van der Waals surface area contributed by atoms with Crippen molar-refractivity contribution in [3.05, 3.63) is 0 Å². The quantitative estimate of drug-likeness (QED) is 0.627. The lowest BCUT2D eigenvalue weighted by Gasteiger charge is -2.32. The van der Waals surface area contributed by atoms with Gasteiger partial charge in [0.2, 0.25) is 5.91 Å². The molecule has 16 heavy (non-hydrogen) atoms. The molecule has 0 fully saturated rings. The Morgan fingerprint density at radius 2 is 1.81 bits per heavy atom. The van der Waals surface area contributed by atoms with Crippen LogP contribution in [0.5, 0.6) is 0 Å². The smallest absolute Gasteiger partial charge is 0.305 e. The monoisotopic (exact) mass is 230 g/mol. The van der Waals surface area contributed by atoms with E-state index in [0.29, 0.717) is 6.42 Å². The van der Waals surface area contributed by atoms with Gasteiger partial charge >= 0.3 is 5.97 Å². The Morgan fingerprint density at radius 1 is 1.31 bits per heavy atom. The average Bonchev–Trinajstić information content (AvgIpc) is 2.13. The highest BCUT2D eigenvalue weighted by atomic mass is 16.4. The maximum absolute atomic E-state index is 11.9. The summed E-state index contributed by atoms with van der Waals surface area (Å²) < 4.78 is 0. The van der Waals surface area contributed by atoms with E-state index in [4.69, 9.17) is 10.8 Å². The predicted octanol–water partition coefficient (Wildman–Crippen LogP) is 0.731. The van der Waals surface area contributed by atoms with E-state index < -0.39 is 16.9 Å². The number of hydrogen-bond acceptors (Lipinski definition) is 3. The molecule has 0 saturated carbocycles. The first kappa shape index (κ1) is 14.9. The van der Waals surface area contributed by atoms with E-state index in [1.807, 2.05) is 6.92 Å². The molecule has 0 aliphatic carbocycles. The van der Waals surface area contributed by atoms with E-state index in [1.54, 1.807) is 20.8 Å². The SMILES string of the molecule is CCC(C)(CN)C(=O)NC(C)(C)CC(=O)O. The van der Waals surface area contributed by atoms with Gasteiger partial charge in [0.1, 0.15) is 0 Å². The number of nitrogens with two attached hydrogens (primary N) is 1. The fourth-order valence-electron chi connectivity index (χ4n) is 1.28. The van der Waals surface area contributed by atoms with Crippen molar-refractivity contribution in [3.63, 3.8) is 0 Å². The lowest BCUT2D eigenvalue weighted by molar-refractivity contribution is -0.139. The summed E-state index contributed by atoms with van der Waals surface area (Å²) in [5.41, 5.74) is 4.18. The molecule has 0 rings (SSSR count). The first-order valence-corrected chi connectivity index (χ1v) is 5.41. The van der Waals surface area contributed by atoms with E-state index in [2.05, 4.69) is 5.32 Å². The molecular weight excluding hydrogens is 208 g/mol. The molecule has 1 atom stereocenters. The van der Waals surface area contributed by atoms with Crippen molar-refractivity contribution >= 4 is 11.9 Å². The summed E-state index contributed by atoms with van der Waals surface area (Å²) in [7, 11) is 0. The topological polar surface area (TPSA) is 92.4 Å². The zero-order chi connectivity index (χ0) is 13.0. The summed E-state index contributed by atoms with van der Waals surface area (Å²) in [6, 6.07) is 0. The van der Waals surface area contributed by atoms with Crippen LogP contribution in [-0.2, 0) is 9.59 Å². The Balaban J connectivity index is 4.60. The van der Waals surface area contributed by atoms with E-state index >= 15 is 0 Å². The van der Waals surface area contributed by atoms with Crippen molar-refractivity contribution in [1.82, 2.24) is 5.32 Å². The van der Waals surface area contributed by atoms with Gasteiger partial charge in [-0.3, -0.25) is 9.59 Å².